The van der Waals surface area contributed by atoms with E-state index in [4.69, 9.17) is 9.47 Å². The van der Waals surface area contributed by atoms with Crippen molar-refractivity contribution in [3.63, 3.8) is 0 Å². The molecule has 0 spiro atoms. The molecule has 1 heterocycles. The zero-order chi connectivity index (χ0) is 23.0. The number of ether oxygens (including phenoxy) is 2. The molecule has 0 saturated carbocycles. The smallest absolute Gasteiger partial charge is 0.313 e. The van der Waals surface area contributed by atoms with Crippen molar-refractivity contribution in [1.82, 2.24) is 10.2 Å². The number of morpholine rings is 1. The van der Waals surface area contributed by atoms with Gasteiger partial charge in [-0.1, -0.05) is 42.5 Å². The number of nitrogens with one attached hydrogen (secondary N) is 2. The first-order chi connectivity index (χ1) is 16.2. The van der Waals surface area contributed by atoms with Gasteiger partial charge in [-0.25, -0.2) is 0 Å². The molecule has 1 aliphatic rings. The minimum atomic E-state index is -0.696. The molecular formula is C26H29N3O4. The van der Waals surface area contributed by atoms with Crippen LogP contribution >= 0.6 is 0 Å². The van der Waals surface area contributed by atoms with E-state index in [0.29, 0.717) is 37.8 Å². The van der Waals surface area contributed by atoms with Crippen LogP contribution in [0.15, 0.2) is 66.7 Å². The van der Waals surface area contributed by atoms with Gasteiger partial charge in [-0.2, -0.15) is 0 Å². The van der Waals surface area contributed by atoms with Gasteiger partial charge in [-0.15, -0.1) is 0 Å². The Morgan fingerprint density at radius 2 is 1.70 bits per heavy atom. The molecule has 2 amide bonds. The van der Waals surface area contributed by atoms with Crippen molar-refractivity contribution < 1.29 is 19.1 Å². The number of fused-ring (bicyclic) bond motifs is 1. The molecule has 4 rings (SSSR count). The maximum Gasteiger partial charge on any atom is 0.313 e. The monoisotopic (exact) mass is 447 g/mol. The van der Waals surface area contributed by atoms with E-state index < -0.39 is 11.8 Å². The van der Waals surface area contributed by atoms with Gasteiger partial charge in [0.15, 0.2) is 0 Å². The Hall–Kier alpha value is -3.42. The summed E-state index contributed by atoms with van der Waals surface area (Å²) in [5, 5.41) is 7.77. The van der Waals surface area contributed by atoms with Crippen molar-refractivity contribution in [2.45, 2.75) is 13.0 Å². The van der Waals surface area contributed by atoms with Crippen molar-refractivity contribution in [3.05, 3.63) is 72.3 Å². The predicted octanol–water partition coefficient (Wildman–Crippen LogP) is 3.37. The summed E-state index contributed by atoms with van der Waals surface area (Å²) >= 11 is 0. The number of hydrogen-bond acceptors (Lipinski definition) is 5. The van der Waals surface area contributed by atoms with Crippen LogP contribution in [0.2, 0.25) is 0 Å². The molecule has 7 nitrogen and oxygen atoms in total. The van der Waals surface area contributed by atoms with Crippen molar-refractivity contribution in [2.75, 3.05) is 44.8 Å². The summed E-state index contributed by atoms with van der Waals surface area (Å²) < 4.78 is 10.9. The van der Waals surface area contributed by atoms with Gasteiger partial charge in [0.05, 0.1) is 25.9 Å². The summed E-state index contributed by atoms with van der Waals surface area (Å²) in [5.41, 5.74) is 1.67. The van der Waals surface area contributed by atoms with Crippen molar-refractivity contribution in [1.29, 1.82) is 0 Å². The lowest BCUT2D eigenvalue weighted by Gasteiger charge is -2.35. The third-order valence-corrected chi connectivity index (χ3v) is 5.75. The second-order valence-electron chi connectivity index (χ2n) is 7.85. The molecule has 0 radical (unpaired) electrons. The summed E-state index contributed by atoms with van der Waals surface area (Å²) in [5.74, 6) is -0.649. The van der Waals surface area contributed by atoms with E-state index in [1.807, 2.05) is 25.1 Å². The molecule has 1 saturated heterocycles. The van der Waals surface area contributed by atoms with Gasteiger partial charge in [0.2, 0.25) is 0 Å². The summed E-state index contributed by atoms with van der Waals surface area (Å²) in [4.78, 5) is 27.4. The third-order valence-electron chi connectivity index (χ3n) is 5.75. The van der Waals surface area contributed by atoms with E-state index in [-0.39, 0.29) is 6.04 Å². The fraction of sp³-hybridized carbons (Fsp3) is 0.308. The van der Waals surface area contributed by atoms with Gasteiger partial charge in [-0.3, -0.25) is 14.5 Å². The number of anilines is 1. The molecule has 3 aromatic rings. The van der Waals surface area contributed by atoms with Crippen LogP contribution in [0.25, 0.3) is 10.8 Å². The maximum absolute atomic E-state index is 12.6. The Morgan fingerprint density at radius 3 is 2.45 bits per heavy atom. The lowest BCUT2D eigenvalue weighted by molar-refractivity contribution is -0.136. The topological polar surface area (TPSA) is 79.9 Å². The van der Waals surface area contributed by atoms with E-state index in [9.17, 15) is 9.59 Å². The average Bonchev–Trinajstić information content (AvgIpc) is 2.86. The first-order valence-corrected chi connectivity index (χ1v) is 11.3. The number of rotatable bonds is 7. The largest absolute Gasteiger partial charge is 0.494 e. The number of carbonyl (C=O) groups is 2. The number of nitrogens with zero attached hydrogens (tertiary/aromatic N) is 1. The number of carbonyl (C=O) groups excluding carboxylic acids is 2. The van der Waals surface area contributed by atoms with Crippen LogP contribution in [-0.2, 0) is 14.3 Å². The quantitative estimate of drug-likeness (QED) is 0.543. The molecule has 0 bridgehead atoms. The maximum atomic E-state index is 12.6. The highest BCUT2D eigenvalue weighted by Crippen LogP contribution is 2.28. The zero-order valence-electron chi connectivity index (χ0n) is 18.8. The van der Waals surface area contributed by atoms with Crippen LogP contribution in [0.1, 0.15) is 18.5 Å². The molecule has 0 aromatic heterocycles. The SMILES string of the molecule is CCOc1ccc(NC(=O)C(=O)NCC(c2cccc3ccccc23)N2CCOCC2)cc1. The zero-order valence-corrected chi connectivity index (χ0v) is 18.8. The molecule has 1 unspecified atom stereocenters. The van der Waals surface area contributed by atoms with Gasteiger partial charge >= 0.3 is 11.8 Å². The Balaban J connectivity index is 1.46. The average molecular weight is 448 g/mol. The summed E-state index contributed by atoms with van der Waals surface area (Å²) in [6, 6.07) is 21.3. The first-order valence-electron chi connectivity index (χ1n) is 11.3. The minimum absolute atomic E-state index is 0.0674. The van der Waals surface area contributed by atoms with Gasteiger partial charge in [0.25, 0.3) is 0 Å². The normalized spacial score (nSPS) is 15.1. The third kappa shape index (κ3) is 5.69. The highest BCUT2D eigenvalue weighted by Gasteiger charge is 2.25. The fourth-order valence-electron chi connectivity index (χ4n) is 4.12. The molecule has 1 aliphatic heterocycles. The lowest BCUT2D eigenvalue weighted by atomic mass is 9.97. The second-order valence-corrected chi connectivity index (χ2v) is 7.85. The molecule has 1 fully saturated rings. The molecule has 7 heteroatoms. The molecule has 33 heavy (non-hydrogen) atoms. The predicted molar refractivity (Wildman–Crippen MR) is 128 cm³/mol. The van der Waals surface area contributed by atoms with Crippen molar-refractivity contribution >= 4 is 28.3 Å². The Bertz CT molecular complexity index is 1090. The van der Waals surface area contributed by atoms with E-state index in [0.717, 1.165) is 29.4 Å². The van der Waals surface area contributed by atoms with Crippen LogP contribution in [-0.4, -0.2) is 56.2 Å². The molecule has 3 aromatic carbocycles. The van der Waals surface area contributed by atoms with E-state index in [2.05, 4.69) is 39.8 Å². The molecular weight excluding hydrogens is 418 g/mol. The Morgan fingerprint density at radius 1 is 0.970 bits per heavy atom. The molecule has 172 valence electrons. The molecule has 1 atom stereocenters. The molecule has 2 N–H and O–H groups in total. The summed E-state index contributed by atoms with van der Waals surface area (Å²) in [7, 11) is 0. The lowest BCUT2D eigenvalue weighted by Crippen LogP contribution is -2.45. The van der Waals surface area contributed by atoms with Crippen molar-refractivity contribution in [3.8, 4) is 5.75 Å². The Labute approximate surface area is 193 Å². The van der Waals surface area contributed by atoms with Gasteiger partial charge in [0, 0.05) is 25.3 Å². The van der Waals surface area contributed by atoms with Crippen LogP contribution in [0.4, 0.5) is 5.69 Å². The van der Waals surface area contributed by atoms with E-state index in [1.54, 1.807) is 24.3 Å². The fourth-order valence-corrected chi connectivity index (χ4v) is 4.12. The van der Waals surface area contributed by atoms with Gasteiger partial charge in [0.1, 0.15) is 5.75 Å². The Kier molecular flexibility index (Phi) is 7.55. The second kappa shape index (κ2) is 10.9. The van der Waals surface area contributed by atoms with Crippen molar-refractivity contribution in [2.24, 2.45) is 0 Å². The highest BCUT2D eigenvalue weighted by atomic mass is 16.5. The van der Waals surface area contributed by atoms with E-state index >= 15 is 0 Å². The van der Waals surface area contributed by atoms with E-state index in [1.165, 1.54) is 0 Å². The molecule has 0 aliphatic carbocycles. The van der Waals surface area contributed by atoms with Crippen LogP contribution in [0.3, 0.4) is 0 Å². The van der Waals surface area contributed by atoms with Gasteiger partial charge in [-0.05, 0) is 47.5 Å². The van der Waals surface area contributed by atoms with Crippen LogP contribution < -0.4 is 15.4 Å². The highest BCUT2D eigenvalue weighted by molar-refractivity contribution is 6.39. The summed E-state index contributed by atoms with van der Waals surface area (Å²) in [6.45, 7) is 5.62. The van der Waals surface area contributed by atoms with Crippen LogP contribution in [0.5, 0.6) is 5.75 Å². The van der Waals surface area contributed by atoms with Crippen LogP contribution in [0, 0.1) is 0 Å². The number of hydrogen-bond donors (Lipinski definition) is 2. The number of amides is 2. The summed E-state index contributed by atoms with van der Waals surface area (Å²) in [6.07, 6.45) is 0. The number of benzene rings is 3. The standard InChI is InChI=1S/C26H29N3O4/c1-2-33-21-12-10-20(11-13-21)28-26(31)25(30)27-18-24(29-14-16-32-17-15-29)23-9-5-7-19-6-3-4-8-22(19)23/h3-13,24H,2,14-18H2,1H3,(H,27,30)(H,28,31). The first kappa shape index (κ1) is 22.8. The minimum Gasteiger partial charge on any atom is -0.494 e. The van der Waals surface area contributed by atoms with Gasteiger partial charge < -0.3 is 20.1 Å².